The summed E-state index contributed by atoms with van der Waals surface area (Å²) in [6.45, 7) is -1.96. The number of rotatable bonds is 1. The molecule has 1 nitrogen and oxygen atoms in total. The second-order valence-corrected chi connectivity index (χ2v) is 77.1. The Morgan fingerprint density at radius 3 is 1.86 bits per heavy atom. The predicted octanol–water partition coefficient (Wildman–Crippen LogP) is 2.83. The molecular weight excluding hydrogens is 558 g/mol. The first kappa shape index (κ1) is 9.79. The van der Waals surface area contributed by atoms with E-state index >= 15 is 0 Å². The van der Waals surface area contributed by atoms with Crippen molar-refractivity contribution in [2.75, 3.05) is 0 Å². The Morgan fingerprint density at radius 1 is 1.43 bits per heavy atom. The molecule has 0 bridgehead atoms. The first-order valence-corrected chi connectivity index (χ1v) is 27.8. The van der Waals surface area contributed by atoms with Gasteiger partial charge < -0.3 is 0 Å². The van der Waals surface area contributed by atoms with Crippen LogP contribution in [0.5, 0.6) is 0 Å². The van der Waals surface area contributed by atoms with Crippen molar-refractivity contribution in [3.63, 3.8) is 0 Å². The molecule has 0 aromatic rings. The van der Waals surface area contributed by atoms with Crippen molar-refractivity contribution in [3.05, 3.63) is 0 Å². The van der Waals surface area contributed by atoms with Crippen LogP contribution in [-0.4, -0.2) is 11.9 Å². The fourth-order valence-corrected chi connectivity index (χ4v) is 6.99. The molecule has 0 saturated heterocycles. The molecule has 0 atom stereocenters. The summed E-state index contributed by atoms with van der Waals surface area (Å²) < 4.78 is 3.99. The van der Waals surface area contributed by atoms with Crippen LogP contribution in [0, 0.1) is 0 Å². The molecule has 0 amide bonds. The number of isothiocyanates is 1. The molecule has 0 aromatic carbocycles. The summed E-state index contributed by atoms with van der Waals surface area (Å²) >= 11 is 11.5. The third-order valence-electron chi connectivity index (χ3n) is 0.172. The molecular formula is CI3NSSn. The Morgan fingerprint density at radius 2 is 1.86 bits per heavy atom. The van der Waals surface area contributed by atoms with Gasteiger partial charge in [0, 0.05) is 0 Å². The summed E-state index contributed by atoms with van der Waals surface area (Å²) in [5.74, 6) is 0. The molecule has 0 N–H and O–H groups in total. The van der Waals surface area contributed by atoms with Gasteiger partial charge in [-0.1, -0.05) is 0 Å². The average molecular weight is 558 g/mol. The van der Waals surface area contributed by atoms with Gasteiger partial charge in [0.1, 0.15) is 0 Å². The first-order chi connectivity index (χ1) is 3.06. The molecule has 0 aliphatic heterocycles. The number of thiocarbonyl (C=S) groups is 1. The zero-order valence-electron chi connectivity index (χ0n) is 2.99. The Bertz CT molecular complexity index is 102. The van der Waals surface area contributed by atoms with Crippen LogP contribution in [-0.2, 0) is 0 Å². The van der Waals surface area contributed by atoms with Gasteiger partial charge in [-0.15, -0.1) is 0 Å². The summed E-state index contributed by atoms with van der Waals surface area (Å²) in [6.07, 6.45) is 0. The van der Waals surface area contributed by atoms with Crippen LogP contribution in [0.3, 0.4) is 0 Å². The van der Waals surface area contributed by atoms with Gasteiger partial charge in [-0.05, 0) is 0 Å². The van der Waals surface area contributed by atoms with Crippen LogP contribution in [0.1, 0.15) is 0 Å². The molecule has 0 fully saturated rings. The molecule has 0 unspecified atom stereocenters. The number of hydrogen-bond acceptors (Lipinski definition) is 2. The molecule has 0 rings (SSSR count). The minimum absolute atomic E-state index is 1.96. The molecule has 0 heterocycles. The van der Waals surface area contributed by atoms with Crippen LogP contribution in [0.25, 0.3) is 0 Å². The van der Waals surface area contributed by atoms with Crippen LogP contribution in [0.15, 0.2) is 3.21 Å². The van der Waals surface area contributed by atoms with Gasteiger partial charge in [0.25, 0.3) is 0 Å². The Labute approximate surface area is 80.9 Å². The van der Waals surface area contributed by atoms with Gasteiger partial charge in [0.05, 0.1) is 0 Å². The Balaban J connectivity index is 3.80. The van der Waals surface area contributed by atoms with Crippen molar-refractivity contribution < 1.29 is 0 Å². The van der Waals surface area contributed by atoms with E-state index in [9.17, 15) is 0 Å². The second-order valence-electron chi connectivity index (χ2n) is 0.671. The van der Waals surface area contributed by atoms with E-state index in [-0.39, 0.29) is 0 Å². The van der Waals surface area contributed by atoms with Gasteiger partial charge in [-0.3, -0.25) is 0 Å². The van der Waals surface area contributed by atoms with E-state index in [0.717, 1.165) is 0 Å². The van der Waals surface area contributed by atoms with Crippen LogP contribution in [0.2, 0.25) is 0 Å². The van der Waals surface area contributed by atoms with Crippen LogP contribution >= 0.6 is 68.1 Å². The van der Waals surface area contributed by atoms with E-state index in [1.165, 1.54) is 0 Å². The van der Waals surface area contributed by atoms with Gasteiger partial charge in [0.2, 0.25) is 0 Å². The summed E-state index contributed by atoms with van der Waals surface area (Å²) in [5.41, 5.74) is 0. The van der Waals surface area contributed by atoms with Crippen molar-refractivity contribution in [1.29, 1.82) is 0 Å². The van der Waals surface area contributed by atoms with E-state index in [1.807, 2.05) is 0 Å². The molecule has 0 radical (unpaired) electrons. The Kier molecular flexibility index (Phi) is 6.41. The zero-order valence-corrected chi connectivity index (χ0v) is 13.1. The van der Waals surface area contributed by atoms with Crippen molar-refractivity contribution >= 4 is 80.0 Å². The summed E-state index contributed by atoms with van der Waals surface area (Å²) in [6, 6.07) is 0. The fourth-order valence-electron chi connectivity index (χ4n) is 0.0518. The first-order valence-electron chi connectivity index (χ1n) is 1.22. The van der Waals surface area contributed by atoms with Crippen LogP contribution < -0.4 is 0 Å². The van der Waals surface area contributed by atoms with Crippen molar-refractivity contribution in [2.45, 2.75) is 0 Å². The second kappa shape index (κ2) is 4.58. The van der Waals surface area contributed by atoms with Gasteiger partial charge in [-0.25, -0.2) is 0 Å². The molecule has 40 valence electrons. The summed E-state index contributed by atoms with van der Waals surface area (Å²) in [4.78, 5) is 0. The van der Waals surface area contributed by atoms with Gasteiger partial charge >= 0.3 is 83.2 Å². The van der Waals surface area contributed by atoms with E-state index in [1.54, 1.807) is 0 Å². The molecule has 6 heteroatoms. The molecule has 0 spiro atoms. The summed E-state index contributed by atoms with van der Waals surface area (Å²) in [7, 11) is 0. The zero-order chi connectivity index (χ0) is 5.91. The van der Waals surface area contributed by atoms with E-state index in [2.05, 4.69) is 76.5 Å². The van der Waals surface area contributed by atoms with Gasteiger partial charge in [-0.2, -0.15) is 0 Å². The predicted molar refractivity (Wildman–Crippen MR) is 62.8 cm³/mol. The molecule has 0 aromatic heterocycles. The Hall–Kier alpha value is 2.79. The van der Waals surface area contributed by atoms with Crippen LogP contribution in [0.4, 0.5) is 0 Å². The standard InChI is InChI=1S/CNS.3HI.Sn/c2-1-3;;;;/h;3*1H;/q-1;;;;+4/p-3. The van der Waals surface area contributed by atoms with Crippen molar-refractivity contribution in [3.8, 4) is 0 Å². The van der Waals surface area contributed by atoms with E-state index in [4.69, 9.17) is 0 Å². The molecule has 7 heavy (non-hydrogen) atoms. The maximum atomic E-state index is 4.42. The third-order valence-corrected chi connectivity index (χ3v) is 6.62. The maximum absolute atomic E-state index is 4.42. The van der Waals surface area contributed by atoms with E-state index < -0.39 is 6.75 Å². The molecule has 0 aliphatic carbocycles. The van der Waals surface area contributed by atoms with Gasteiger partial charge in [0.15, 0.2) is 0 Å². The number of halogens is 3. The molecule has 0 aliphatic rings. The van der Waals surface area contributed by atoms with Crippen molar-refractivity contribution in [2.24, 2.45) is 3.21 Å². The summed E-state index contributed by atoms with van der Waals surface area (Å²) in [5, 5.41) is 2.39. The number of nitrogens with zero attached hydrogens (tertiary/aromatic N) is 1. The monoisotopic (exact) mass is 559 g/mol. The normalized spacial score (nSPS) is 10.1. The third kappa shape index (κ3) is 8.79. The topological polar surface area (TPSA) is 12.4 Å². The minimum atomic E-state index is -1.96. The number of hydrogen-bond donors (Lipinski definition) is 0. The fraction of sp³-hybridized carbons (Fsp3) is 0. The molecule has 0 saturated carbocycles. The average Bonchev–Trinajstić information content (AvgIpc) is 1.30. The quantitative estimate of drug-likeness (QED) is 0.209. The van der Waals surface area contributed by atoms with Crippen molar-refractivity contribution in [1.82, 2.24) is 0 Å². The SMILES string of the molecule is S=C=[N][Sn]([I])([I])[I]. The van der Waals surface area contributed by atoms with E-state index in [0.29, 0.717) is 0 Å².